The average molecular weight is 389 g/mol. The Balaban J connectivity index is 1.66. The second kappa shape index (κ2) is 8.00. The Hall–Kier alpha value is -2.65. The Morgan fingerprint density at radius 1 is 1.14 bits per heavy atom. The number of carbonyl (C=O) groups is 1. The van der Waals surface area contributed by atoms with Crippen molar-refractivity contribution in [2.24, 2.45) is 11.3 Å². The molecule has 2 aliphatic carbocycles. The van der Waals surface area contributed by atoms with E-state index in [1.54, 1.807) is 6.08 Å². The first kappa shape index (κ1) is 19.7. The van der Waals surface area contributed by atoms with Crippen LogP contribution in [0.25, 0.3) is 6.08 Å². The van der Waals surface area contributed by atoms with Gasteiger partial charge in [-0.15, -0.1) is 0 Å². The topological polar surface area (TPSA) is 46.5 Å². The Bertz CT molecular complexity index is 957. The van der Waals surface area contributed by atoms with E-state index < -0.39 is 6.10 Å². The largest absolute Gasteiger partial charge is 0.488 e. The van der Waals surface area contributed by atoms with E-state index in [-0.39, 0.29) is 17.1 Å². The van der Waals surface area contributed by atoms with Crippen molar-refractivity contribution in [3.63, 3.8) is 0 Å². The van der Waals surface area contributed by atoms with Crippen LogP contribution in [0, 0.1) is 11.3 Å². The van der Waals surface area contributed by atoms with E-state index >= 15 is 0 Å². The van der Waals surface area contributed by atoms with Gasteiger partial charge in [0.05, 0.1) is 6.10 Å². The number of para-hydroxylation sites is 1. The molecule has 3 atom stereocenters. The van der Waals surface area contributed by atoms with Crippen LogP contribution in [0.1, 0.15) is 44.2 Å². The first-order chi connectivity index (χ1) is 14.0. The summed E-state index contributed by atoms with van der Waals surface area (Å²) in [4.78, 5) is 12.9. The Morgan fingerprint density at radius 3 is 2.66 bits per heavy atom. The van der Waals surface area contributed by atoms with Crippen molar-refractivity contribution in [2.45, 2.75) is 45.8 Å². The first-order valence-electron chi connectivity index (χ1n) is 10.4. The molecule has 3 heteroatoms. The molecule has 0 unspecified atom stereocenters. The number of carbonyl (C=O) groups excluding carboxylic acids is 1. The molecule has 2 aliphatic rings. The average Bonchev–Trinajstić information content (AvgIpc) is 2.74. The SMILES string of the molecule is C[C@H]1/C(=C\c2ccccc2OCc2ccccc2)C(=O)C=C2CCC[C@H](O)[C@]21C. The van der Waals surface area contributed by atoms with Crippen LogP contribution in [-0.4, -0.2) is 17.0 Å². The number of ketones is 1. The molecule has 3 nitrogen and oxygen atoms in total. The second-order valence-corrected chi connectivity index (χ2v) is 8.36. The highest BCUT2D eigenvalue weighted by Crippen LogP contribution is 2.51. The van der Waals surface area contributed by atoms with Crippen molar-refractivity contribution in [3.8, 4) is 5.75 Å². The highest BCUT2D eigenvalue weighted by molar-refractivity contribution is 6.09. The molecular weight excluding hydrogens is 360 g/mol. The van der Waals surface area contributed by atoms with Gasteiger partial charge in [-0.1, -0.05) is 68.0 Å². The zero-order chi connectivity index (χ0) is 20.4. The number of allylic oxidation sites excluding steroid dienone is 2. The van der Waals surface area contributed by atoms with Crippen molar-refractivity contribution < 1.29 is 14.6 Å². The van der Waals surface area contributed by atoms with Gasteiger partial charge in [-0.25, -0.2) is 0 Å². The van der Waals surface area contributed by atoms with E-state index in [2.05, 4.69) is 13.8 Å². The van der Waals surface area contributed by atoms with E-state index in [4.69, 9.17) is 4.74 Å². The minimum atomic E-state index is -0.418. The van der Waals surface area contributed by atoms with Gasteiger partial charge in [0.1, 0.15) is 12.4 Å². The Kier molecular flexibility index (Phi) is 5.42. The summed E-state index contributed by atoms with van der Waals surface area (Å²) in [6.07, 6.45) is 5.93. The van der Waals surface area contributed by atoms with Crippen molar-refractivity contribution in [1.29, 1.82) is 0 Å². The number of hydrogen-bond acceptors (Lipinski definition) is 3. The molecule has 0 amide bonds. The van der Waals surface area contributed by atoms with Crippen molar-refractivity contribution >= 4 is 11.9 Å². The van der Waals surface area contributed by atoms with Crippen molar-refractivity contribution in [1.82, 2.24) is 0 Å². The summed E-state index contributed by atoms with van der Waals surface area (Å²) in [7, 11) is 0. The number of aliphatic hydroxyl groups is 1. The van der Waals surface area contributed by atoms with Crippen LogP contribution in [0.5, 0.6) is 5.75 Å². The molecule has 0 radical (unpaired) electrons. The summed E-state index contributed by atoms with van der Waals surface area (Å²) < 4.78 is 6.07. The van der Waals surface area contributed by atoms with Gasteiger partial charge in [0.2, 0.25) is 0 Å². The van der Waals surface area contributed by atoms with E-state index in [1.165, 1.54) is 0 Å². The summed E-state index contributed by atoms with van der Waals surface area (Å²) in [5.41, 5.74) is 3.46. The lowest BCUT2D eigenvalue weighted by Crippen LogP contribution is -2.46. The molecule has 0 heterocycles. The summed E-state index contributed by atoms with van der Waals surface area (Å²) >= 11 is 0. The molecule has 4 rings (SSSR count). The minimum Gasteiger partial charge on any atom is -0.488 e. The lowest BCUT2D eigenvalue weighted by molar-refractivity contribution is -0.113. The number of fused-ring (bicyclic) bond motifs is 1. The zero-order valence-electron chi connectivity index (χ0n) is 17.1. The fraction of sp³-hybridized carbons (Fsp3) is 0.346. The zero-order valence-corrected chi connectivity index (χ0v) is 17.1. The molecule has 0 spiro atoms. The quantitative estimate of drug-likeness (QED) is 0.719. The molecule has 29 heavy (non-hydrogen) atoms. The molecule has 0 aromatic heterocycles. The molecule has 0 aliphatic heterocycles. The standard InChI is InChI=1S/C26H28O3/c1-18-22(23(27)16-21-12-8-14-25(28)26(18,21)2)15-20-11-6-7-13-24(20)29-17-19-9-4-3-5-10-19/h3-7,9-11,13,15-16,18,25,28H,8,12,14,17H2,1-2H3/b22-15+/t18-,25-,26-/m0/s1. The first-order valence-corrected chi connectivity index (χ1v) is 10.4. The van der Waals surface area contributed by atoms with E-state index in [1.807, 2.05) is 60.7 Å². The van der Waals surface area contributed by atoms with Crippen LogP contribution in [-0.2, 0) is 11.4 Å². The number of benzene rings is 2. The fourth-order valence-electron chi connectivity index (χ4n) is 4.67. The molecular formula is C26H28O3. The third-order valence-electron chi connectivity index (χ3n) is 6.73. The van der Waals surface area contributed by atoms with Crippen LogP contribution < -0.4 is 4.74 Å². The van der Waals surface area contributed by atoms with Crippen LogP contribution >= 0.6 is 0 Å². The van der Waals surface area contributed by atoms with Gasteiger partial charge in [-0.2, -0.15) is 0 Å². The highest BCUT2D eigenvalue weighted by Gasteiger charge is 2.48. The maximum atomic E-state index is 12.9. The van der Waals surface area contributed by atoms with Gasteiger partial charge in [-0.3, -0.25) is 4.79 Å². The molecule has 0 saturated heterocycles. The molecule has 1 saturated carbocycles. The van der Waals surface area contributed by atoms with Gasteiger partial charge in [0, 0.05) is 16.6 Å². The summed E-state index contributed by atoms with van der Waals surface area (Å²) in [6, 6.07) is 17.9. The maximum absolute atomic E-state index is 12.9. The van der Waals surface area contributed by atoms with Crippen LogP contribution in [0.4, 0.5) is 0 Å². The monoisotopic (exact) mass is 388 g/mol. The van der Waals surface area contributed by atoms with E-state index in [9.17, 15) is 9.90 Å². The minimum absolute atomic E-state index is 0.0486. The number of hydrogen-bond donors (Lipinski definition) is 1. The van der Waals surface area contributed by atoms with Crippen LogP contribution in [0.15, 0.2) is 71.8 Å². The van der Waals surface area contributed by atoms with Crippen molar-refractivity contribution in [2.75, 3.05) is 0 Å². The van der Waals surface area contributed by atoms with Crippen LogP contribution in [0.2, 0.25) is 0 Å². The maximum Gasteiger partial charge on any atom is 0.182 e. The normalized spacial score (nSPS) is 28.0. The third-order valence-corrected chi connectivity index (χ3v) is 6.73. The summed E-state index contributed by atoms with van der Waals surface area (Å²) in [6.45, 7) is 4.65. The molecule has 0 bridgehead atoms. The van der Waals surface area contributed by atoms with E-state index in [0.29, 0.717) is 6.61 Å². The molecule has 1 N–H and O–H groups in total. The number of rotatable bonds is 4. The second-order valence-electron chi connectivity index (χ2n) is 8.36. The lowest BCUT2D eigenvalue weighted by atomic mass is 9.57. The predicted octanol–water partition coefficient (Wildman–Crippen LogP) is 5.35. The lowest BCUT2D eigenvalue weighted by Gasteiger charge is -2.48. The molecule has 150 valence electrons. The fourth-order valence-corrected chi connectivity index (χ4v) is 4.67. The van der Waals surface area contributed by atoms with Gasteiger partial charge in [-0.05, 0) is 49.0 Å². The smallest absolute Gasteiger partial charge is 0.182 e. The third kappa shape index (κ3) is 3.67. The Morgan fingerprint density at radius 2 is 1.86 bits per heavy atom. The van der Waals surface area contributed by atoms with Crippen LogP contribution in [0.3, 0.4) is 0 Å². The number of aliphatic hydroxyl groups excluding tert-OH is 1. The number of ether oxygens (including phenoxy) is 1. The summed E-state index contributed by atoms with van der Waals surface area (Å²) in [5, 5.41) is 10.8. The molecule has 2 aromatic rings. The molecule has 1 fully saturated rings. The van der Waals surface area contributed by atoms with Gasteiger partial charge < -0.3 is 9.84 Å². The Labute approximate surface area is 172 Å². The van der Waals surface area contributed by atoms with Gasteiger partial charge >= 0.3 is 0 Å². The van der Waals surface area contributed by atoms with Gasteiger partial charge in [0.25, 0.3) is 0 Å². The molecule has 2 aromatic carbocycles. The van der Waals surface area contributed by atoms with Crippen molar-refractivity contribution in [3.05, 3.63) is 82.9 Å². The summed E-state index contributed by atoms with van der Waals surface area (Å²) in [5.74, 6) is 0.761. The van der Waals surface area contributed by atoms with Gasteiger partial charge in [0.15, 0.2) is 5.78 Å². The predicted molar refractivity (Wildman–Crippen MR) is 115 cm³/mol. The highest BCUT2D eigenvalue weighted by atomic mass is 16.5. The van der Waals surface area contributed by atoms with E-state index in [0.717, 1.165) is 47.3 Å².